The second kappa shape index (κ2) is 4.06. The van der Waals surface area contributed by atoms with E-state index in [0.29, 0.717) is 17.0 Å². The average Bonchev–Trinajstić information content (AvgIpc) is 2.91. The van der Waals surface area contributed by atoms with Crippen LogP contribution in [-0.2, 0) is 4.74 Å². The van der Waals surface area contributed by atoms with Gasteiger partial charge >= 0.3 is 5.63 Å². The van der Waals surface area contributed by atoms with Gasteiger partial charge in [-0.3, -0.25) is 0 Å². The number of benzene rings is 1. The summed E-state index contributed by atoms with van der Waals surface area (Å²) >= 11 is 0. The zero-order chi connectivity index (χ0) is 12.5. The number of methoxy groups -OCH3 is 1. The van der Waals surface area contributed by atoms with Crippen LogP contribution in [0.1, 0.15) is 0 Å². The molecule has 1 aliphatic heterocycles. The summed E-state index contributed by atoms with van der Waals surface area (Å²) in [4.78, 5) is 11.8. The number of hydrogen-bond acceptors (Lipinski definition) is 6. The third kappa shape index (κ3) is 1.67. The Kier molecular flexibility index (Phi) is 2.40. The van der Waals surface area contributed by atoms with Crippen LogP contribution in [0.25, 0.3) is 11.0 Å². The molecular weight excluding hydrogens is 236 g/mol. The third-order valence-corrected chi connectivity index (χ3v) is 2.66. The lowest BCUT2D eigenvalue weighted by molar-refractivity contribution is 0.349. The van der Waals surface area contributed by atoms with Crippen molar-refractivity contribution in [2.75, 3.05) is 18.8 Å². The highest BCUT2D eigenvalue weighted by molar-refractivity contribution is 5.81. The van der Waals surface area contributed by atoms with E-state index in [2.05, 4.69) is 5.10 Å². The molecular formula is C12H10N2O4. The van der Waals surface area contributed by atoms with Crippen LogP contribution in [-0.4, -0.2) is 20.2 Å². The predicted octanol–water partition coefficient (Wildman–Crippen LogP) is 1.54. The summed E-state index contributed by atoms with van der Waals surface area (Å²) in [6.07, 6.45) is 1.29. The molecule has 92 valence electrons. The van der Waals surface area contributed by atoms with E-state index < -0.39 is 5.63 Å². The first kappa shape index (κ1) is 10.6. The zero-order valence-corrected chi connectivity index (χ0v) is 9.62. The number of hydrazone groups is 1. The minimum Gasteiger partial charge on any atom is -0.497 e. The molecule has 0 atom stereocenters. The highest BCUT2D eigenvalue weighted by Gasteiger charge is 2.16. The SMILES string of the molecule is COc1ccc2oc(=O)c(N3COC=N3)cc2c1. The molecule has 2 aromatic rings. The Morgan fingerprint density at radius 1 is 1.39 bits per heavy atom. The van der Waals surface area contributed by atoms with Gasteiger partial charge in [0.1, 0.15) is 17.0 Å². The molecule has 6 heteroatoms. The van der Waals surface area contributed by atoms with Gasteiger partial charge in [0.15, 0.2) is 13.1 Å². The van der Waals surface area contributed by atoms with Crippen molar-refractivity contribution in [1.29, 1.82) is 0 Å². The summed E-state index contributed by atoms with van der Waals surface area (Å²) in [5, 5.41) is 6.12. The maximum absolute atomic E-state index is 11.8. The van der Waals surface area contributed by atoms with E-state index in [0.717, 1.165) is 5.39 Å². The standard InChI is InChI=1S/C12H10N2O4/c1-16-9-2-3-11-8(4-9)5-10(12(15)18-11)14-7-17-6-13-14/h2-6H,7H2,1H3. The van der Waals surface area contributed by atoms with Crippen LogP contribution in [0, 0.1) is 0 Å². The van der Waals surface area contributed by atoms with E-state index in [9.17, 15) is 4.79 Å². The third-order valence-electron chi connectivity index (χ3n) is 2.66. The first-order chi connectivity index (χ1) is 8.78. The minimum absolute atomic E-state index is 0.209. The van der Waals surface area contributed by atoms with Crippen LogP contribution < -0.4 is 15.4 Å². The summed E-state index contributed by atoms with van der Waals surface area (Å²) in [5.74, 6) is 0.698. The second-order valence-electron chi connectivity index (χ2n) is 3.74. The molecule has 1 aromatic carbocycles. The normalized spacial score (nSPS) is 13.9. The van der Waals surface area contributed by atoms with Crippen LogP contribution in [0.5, 0.6) is 5.75 Å². The quantitative estimate of drug-likeness (QED) is 0.752. The predicted molar refractivity (Wildman–Crippen MR) is 66.0 cm³/mol. The van der Waals surface area contributed by atoms with Crippen molar-refractivity contribution in [2.45, 2.75) is 0 Å². The van der Waals surface area contributed by atoms with Crippen molar-refractivity contribution in [1.82, 2.24) is 0 Å². The highest BCUT2D eigenvalue weighted by atomic mass is 16.5. The molecule has 1 aliphatic rings. The Labute approximate surface area is 102 Å². The van der Waals surface area contributed by atoms with Gasteiger partial charge in [-0.2, -0.15) is 0 Å². The molecule has 2 heterocycles. The molecule has 0 bridgehead atoms. The molecule has 1 aromatic heterocycles. The number of anilines is 1. The maximum Gasteiger partial charge on any atom is 0.362 e. The van der Waals surface area contributed by atoms with Gasteiger partial charge in [-0.1, -0.05) is 0 Å². The van der Waals surface area contributed by atoms with Gasteiger partial charge in [-0.05, 0) is 24.3 Å². The van der Waals surface area contributed by atoms with E-state index in [1.165, 1.54) is 11.4 Å². The molecule has 3 rings (SSSR count). The van der Waals surface area contributed by atoms with Gasteiger partial charge < -0.3 is 13.9 Å². The summed E-state index contributed by atoms with van der Waals surface area (Å²) in [7, 11) is 1.58. The Balaban J connectivity index is 2.17. The largest absolute Gasteiger partial charge is 0.497 e. The van der Waals surface area contributed by atoms with Crippen molar-refractivity contribution < 1.29 is 13.9 Å². The number of ether oxygens (including phenoxy) is 2. The van der Waals surface area contributed by atoms with E-state index in [1.807, 2.05) is 0 Å². The molecule has 0 radical (unpaired) electrons. The number of nitrogens with zero attached hydrogens (tertiary/aromatic N) is 2. The van der Waals surface area contributed by atoms with Gasteiger partial charge in [-0.15, -0.1) is 5.10 Å². The van der Waals surface area contributed by atoms with Crippen molar-refractivity contribution in [2.24, 2.45) is 5.10 Å². The molecule has 0 fully saturated rings. The van der Waals surface area contributed by atoms with Crippen molar-refractivity contribution in [3.63, 3.8) is 0 Å². The first-order valence-corrected chi connectivity index (χ1v) is 5.31. The van der Waals surface area contributed by atoms with E-state index in [1.54, 1.807) is 31.4 Å². The van der Waals surface area contributed by atoms with Crippen LogP contribution in [0.4, 0.5) is 5.69 Å². The van der Waals surface area contributed by atoms with Gasteiger partial charge in [0.25, 0.3) is 0 Å². The van der Waals surface area contributed by atoms with Crippen molar-refractivity contribution in [3.8, 4) is 5.75 Å². The first-order valence-electron chi connectivity index (χ1n) is 5.31. The summed E-state index contributed by atoms with van der Waals surface area (Å²) in [6, 6.07) is 6.93. The summed E-state index contributed by atoms with van der Waals surface area (Å²) in [5.41, 5.74) is 0.397. The second-order valence-corrected chi connectivity index (χ2v) is 3.74. The van der Waals surface area contributed by atoms with Crippen molar-refractivity contribution in [3.05, 3.63) is 34.7 Å². The molecule has 0 saturated carbocycles. The molecule has 6 nitrogen and oxygen atoms in total. The Morgan fingerprint density at radius 2 is 2.28 bits per heavy atom. The molecule has 0 amide bonds. The fourth-order valence-corrected chi connectivity index (χ4v) is 1.76. The fraction of sp³-hybridized carbons (Fsp3) is 0.167. The number of fused-ring (bicyclic) bond motifs is 1. The molecule has 0 unspecified atom stereocenters. The number of hydrogen-bond donors (Lipinski definition) is 0. The lowest BCUT2D eigenvalue weighted by Crippen LogP contribution is -2.20. The van der Waals surface area contributed by atoms with Gasteiger partial charge in [0.05, 0.1) is 7.11 Å². The molecule has 0 spiro atoms. The van der Waals surface area contributed by atoms with Gasteiger partial charge in [0, 0.05) is 5.39 Å². The van der Waals surface area contributed by atoms with E-state index in [4.69, 9.17) is 13.9 Å². The Hall–Kier alpha value is -2.50. The Bertz CT molecular complexity index is 677. The molecule has 0 N–H and O–H groups in total. The van der Waals surface area contributed by atoms with E-state index >= 15 is 0 Å². The average molecular weight is 246 g/mol. The molecule has 0 aliphatic carbocycles. The molecule has 0 saturated heterocycles. The lowest BCUT2D eigenvalue weighted by atomic mass is 10.2. The monoisotopic (exact) mass is 246 g/mol. The lowest BCUT2D eigenvalue weighted by Gasteiger charge is -2.10. The fourth-order valence-electron chi connectivity index (χ4n) is 1.76. The smallest absolute Gasteiger partial charge is 0.362 e. The van der Waals surface area contributed by atoms with Crippen LogP contribution in [0.15, 0.2) is 38.6 Å². The van der Waals surface area contributed by atoms with Gasteiger partial charge in [-0.25, -0.2) is 9.80 Å². The topological polar surface area (TPSA) is 64.3 Å². The summed E-state index contributed by atoms with van der Waals surface area (Å²) < 4.78 is 15.3. The van der Waals surface area contributed by atoms with E-state index in [-0.39, 0.29) is 6.73 Å². The number of rotatable bonds is 2. The maximum atomic E-state index is 11.8. The molecule has 18 heavy (non-hydrogen) atoms. The highest BCUT2D eigenvalue weighted by Crippen LogP contribution is 2.23. The van der Waals surface area contributed by atoms with Gasteiger partial charge in [0.2, 0.25) is 0 Å². The van der Waals surface area contributed by atoms with Crippen LogP contribution >= 0.6 is 0 Å². The minimum atomic E-state index is -0.449. The zero-order valence-electron chi connectivity index (χ0n) is 9.62. The summed E-state index contributed by atoms with van der Waals surface area (Å²) in [6.45, 7) is 0.209. The van der Waals surface area contributed by atoms with Crippen LogP contribution in [0.2, 0.25) is 0 Å². The Morgan fingerprint density at radius 3 is 3.00 bits per heavy atom. The van der Waals surface area contributed by atoms with Crippen LogP contribution in [0.3, 0.4) is 0 Å². The van der Waals surface area contributed by atoms with Crippen molar-refractivity contribution >= 4 is 23.1 Å².